The average molecular weight is 217 g/mol. The molecule has 0 amide bonds. The second kappa shape index (κ2) is 5.40. The lowest BCUT2D eigenvalue weighted by Crippen LogP contribution is -1.92. The number of benzene rings is 1. The Labute approximate surface area is 89.5 Å². The van der Waals surface area contributed by atoms with Gasteiger partial charge in [-0.05, 0) is 36.3 Å². The molecule has 0 saturated carbocycles. The van der Waals surface area contributed by atoms with Crippen LogP contribution >= 0.6 is 24.2 Å². The Hall–Kier alpha value is -0.340. The van der Waals surface area contributed by atoms with E-state index in [1.54, 1.807) is 7.11 Å². The number of methoxy groups -OCH3 is 1. The fourth-order valence-corrected chi connectivity index (χ4v) is 1.51. The van der Waals surface area contributed by atoms with Crippen LogP contribution in [0, 0.1) is 0 Å². The lowest BCUT2D eigenvalue weighted by atomic mass is 10.1. The maximum absolute atomic E-state index is 5.83. The quantitative estimate of drug-likeness (QED) is 0.761. The van der Waals surface area contributed by atoms with E-state index in [1.807, 2.05) is 18.2 Å². The van der Waals surface area contributed by atoms with Gasteiger partial charge in [-0.25, -0.2) is 0 Å². The largest absolute Gasteiger partial charge is 0.496 e. The maximum Gasteiger partial charge on any atom is 0.123 e. The molecule has 0 radical (unpaired) electrons. The Morgan fingerprint density at radius 3 is 2.85 bits per heavy atom. The summed E-state index contributed by atoms with van der Waals surface area (Å²) in [7, 11) is 1.66. The molecular weight excluding hydrogens is 204 g/mol. The first kappa shape index (κ1) is 10.7. The highest BCUT2D eigenvalue weighted by molar-refractivity contribution is 7.80. The van der Waals surface area contributed by atoms with E-state index in [9.17, 15) is 0 Å². The first-order valence-corrected chi connectivity index (χ1v) is 5.22. The van der Waals surface area contributed by atoms with Crippen molar-refractivity contribution < 1.29 is 4.74 Å². The van der Waals surface area contributed by atoms with E-state index in [0.29, 0.717) is 5.02 Å². The number of halogens is 1. The second-order valence-corrected chi connectivity index (χ2v) is 3.67. The van der Waals surface area contributed by atoms with Crippen LogP contribution in [0.5, 0.6) is 5.75 Å². The van der Waals surface area contributed by atoms with Gasteiger partial charge in [0, 0.05) is 5.02 Å². The molecule has 1 aromatic carbocycles. The van der Waals surface area contributed by atoms with Crippen molar-refractivity contribution in [3.05, 3.63) is 28.8 Å². The molecule has 0 fully saturated rings. The number of hydrogen-bond acceptors (Lipinski definition) is 2. The van der Waals surface area contributed by atoms with Gasteiger partial charge < -0.3 is 4.74 Å². The van der Waals surface area contributed by atoms with E-state index in [-0.39, 0.29) is 0 Å². The van der Waals surface area contributed by atoms with Crippen molar-refractivity contribution in [1.82, 2.24) is 0 Å². The van der Waals surface area contributed by atoms with Crippen LogP contribution in [-0.4, -0.2) is 12.9 Å². The number of thiol groups is 1. The van der Waals surface area contributed by atoms with Crippen molar-refractivity contribution in [3.63, 3.8) is 0 Å². The predicted molar refractivity (Wildman–Crippen MR) is 60.2 cm³/mol. The van der Waals surface area contributed by atoms with Gasteiger partial charge in [-0.1, -0.05) is 17.7 Å². The molecule has 0 bridgehead atoms. The van der Waals surface area contributed by atoms with Crippen LogP contribution in [-0.2, 0) is 6.42 Å². The first-order chi connectivity index (χ1) is 6.27. The van der Waals surface area contributed by atoms with E-state index in [0.717, 1.165) is 24.3 Å². The highest BCUT2D eigenvalue weighted by atomic mass is 35.5. The van der Waals surface area contributed by atoms with Crippen molar-refractivity contribution in [1.29, 1.82) is 0 Å². The molecule has 0 aromatic heterocycles. The van der Waals surface area contributed by atoms with Crippen LogP contribution in [0.4, 0.5) is 0 Å². The Kier molecular flexibility index (Phi) is 4.46. The Morgan fingerprint density at radius 2 is 2.23 bits per heavy atom. The zero-order chi connectivity index (χ0) is 9.68. The normalized spacial score (nSPS) is 10.1. The SMILES string of the molecule is COc1cc(Cl)ccc1CCCS. The minimum absolute atomic E-state index is 0.714. The predicted octanol–water partition coefficient (Wildman–Crippen LogP) is 3.21. The Bertz CT molecular complexity index is 276. The summed E-state index contributed by atoms with van der Waals surface area (Å²) in [5.74, 6) is 1.76. The second-order valence-electron chi connectivity index (χ2n) is 2.78. The summed E-state index contributed by atoms with van der Waals surface area (Å²) in [6, 6.07) is 5.73. The monoisotopic (exact) mass is 216 g/mol. The van der Waals surface area contributed by atoms with Gasteiger partial charge in [0.1, 0.15) is 5.75 Å². The summed E-state index contributed by atoms with van der Waals surface area (Å²) in [6.45, 7) is 0. The average Bonchev–Trinajstić information content (AvgIpc) is 2.16. The number of hydrogen-bond donors (Lipinski definition) is 1. The Balaban J connectivity index is 2.79. The van der Waals surface area contributed by atoms with Crippen LogP contribution in [0.15, 0.2) is 18.2 Å². The molecule has 72 valence electrons. The number of rotatable bonds is 4. The van der Waals surface area contributed by atoms with Gasteiger partial charge >= 0.3 is 0 Å². The molecule has 0 aliphatic heterocycles. The zero-order valence-electron chi connectivity index (χ0n) is 7.59. The minimum Gasteiger partial charge on any atom is -0.496 e. The van der Waals surface area contributed by atoms with Crippen LogP contribution in [0.2, 0.25) is 5.02 Å². The highest BCUT2D eigenvalue weighted by Crippen LogP contribution is 2.24. The minimum atomic E-state index is 0.714. The molecule has 1 nitrogen and oxygen atoms in total. The highest BCUT2D eigenvalue weighted by Gasteiger charge is 2.02. The molecule has 0 unspecified atom stereocenters. The van der Waals surface area contributed by atoms with Gasteiger partial charge in [0.2, 0.25) is 0 Å². The van der Waals surface area contributed by atoms with Crippen LogP contribution in [0.25, 0.3) is 0 Å². The smallest absolute Gasteiger partial charge is 0.123 e. The molecule has 0 spiro atoms. The van der Waals surface area contributed by atoms with E-state index < -0.39 is 0 Å². The lowest BCUT2D eigenvalue weighted by molar-refractivity contribution is 0.409. The van der Waals surface area contributed by atoms with E-state index >= 15 is 0 Å². The summed E-state index contributed by atoms with van der Waals surface area (Å²) in [4.78, 5) is 0. The van der Waals surface area contributed by atoms with Gasteiger partial charge in [-0.15, -0.1) is 0 Å². The van der Waals surface area contributed by atoms with E-state index in [2.05, 4.69) is 12.6 Å². The van der Waals surface area contributed by atoms with Crippen molar-refractivity contribution in [2.75, 3.05) is 12.9 Å². The van der Waals surface area contributed by atoms with Crippen molar-refractivity contribution in [3.8, 4) is 5.75 Å². The molecule has 1 rings (SSSR count). The molecule has 0 aliphatic rings. The molecule has 0 N–H and O–H groups in total. The van der Waals surface area contributed by atoms with Crippen molar-refractivity contribution in [2.24, 2.45) is 0 Å². The van der Waals surface area contributed by atoms with E-state index in [1.165, 1.54) is 5.56 Å². The summed E-state index contributed by atoms with van der Waals surface area (Å²) in [6.07, 6.45) is 2.05. The molecule has 0 heterocycles. The summed E-state index contributed by atoms with van der Waals surface area (Å²) in [5, 5.41) is 0.714. The van der Waals surface area contributed by atoms with E-state index in [4.69, 9.17) is 16.3 Å². The van der Waals surface area contributed by atoms with Crippen molar-refractivity contribution >= 4 is 24.2 Å². The molecule has 0 aliphatic carbocycles. The molecule has 3 heteroatoms. The standard InChI is InChI=1S/C10H13ClOS/c1-12-10-7-9(11)5-4-8(10)3-2-6-13/h4-5,7,13H,2-3,6H2,1H3. The topological polar surface area (TPSA) is 9.23 Å². The maximum atomic E-state index is 5.83. The van der Waals surface area contributed by atoms with Gasteiger partial charge in [-0.3, -0.25) is 0 Å². The van der Waals surface area contributed by atoms with Gasteiger partial charge in [0.25, 0.3) is 0 Å². The zero-order valence-corrected chi connectivity index (χ0v) is 9.24. The fourth-order valence-electron chi connectivity index (χ4n) is 1.19. The van der Waals surface area contributed by atoms with Gasteiger partial charge in [0.15, 0.2) is 0 Å². The van der Waals surface area contributed by atoms with Crippen LogP contribution in [0.1, 0.15) is 12.0 Å². The fraction of sp³-hybridized carbons (Fsp3) is 0.400. The third-order valence-electron chi connectivity index (χ3n) is 1.85. The lowest BCUT2D eigenvalue weighted by Gasteiger charge is -2.07. The molecule has 1 aromatic rings. The number of aryl methyl sites for hydroxylation is 1. The molecule has 0 atom stereocenters. The molecule has 13 heavy (non-hydrogen) atoms. The summed E-state index contributed by atoms with van der Waals surface area (Å²) >= 11 is 10.0. The van der Waals surface area contributed by atoms with Gasteiger partial charge in [0.05, 0.1) is 7.11 Å². The third kappa shape index (κ3) is 3.12. The summed E-state index contributed by atoms with van der Waals surface area (Å²) < 4.78 is 5.21. The van der Waals surface area contributed by atoms with Crippen LogP contribution < -0.4 is 4.74 Å². The third-order valence-corrected chi connectivity index (χ3v) is 2.40. The first-order valence-electron chi connectivity index (χ1n) is 4.21. The summed E-state index contributed by atoms with van der Waals surface area (Å²) in [5.41, 5.74) is 1.20. The number of ether oxygens (including phenoxy) is 1. The Morgan fingerprint density at radius 1 is 1.46 bits per heavy atom. The van der Waals surface area contributed by atoms with Crippen LogP contribution in [0.3, 0.4) is 0 Å². The molecule has 0 saturated heterocycles. The molecular formula is C10H13ClOS. The van der Waals surface area contributed by atoms with Gasteiger partial charge in [-0.2, -0.15) is 12.6 Å². The van der Waals surface area contributed by atoms with Crippen molar-refractivity contribution in [2.45, 2.75) is 12.8 Å².